The van der Waals surface area contributed by atoms with Gasteiger partial charge in [-0.3, -0.25) is 19.3 Å². The monoisotopic (exact) mass is 344 g/mol. The summed E-state index contributed by atoms with van der Waals surface area (Å²) in [5, 5.41) is 2.68. The van der Waals surface area contributed by atoms with Crippen LogP contribution in [0.15, 0.2) is 30.4 Å². The summed E-state index contributed by atoms with van der Waals surface area (Å²) in [7, 11) is 3.01. The Balaban J connectivity index is 1.71. The van der Waals surface area contributed by atoms with Crippen LogP contribution in [0.2, 0.25) is 0 Å². The second-order valence-corrected chi connectivity index (χ2v) is 6.03. The van der Waals surface area contributed by atoms with Crippen LogP contribution in [0.25, 0.3) is 0 Å². The Labute approximate surface area is 145 Å². The first-order valence-corrected chi connectivity index (χ1v) is 8.07. The molecule has 1 saturated heterocycles. The summed E-state index contributed by atoms with van der Waals surface area (Å²) in [6, 6.07) is 4.99. The van der Waals surface area contributed by atoms with E-state index in [2.05, 4.69) is 5.32 Å². The molecule has 1 fully saturated rings. The molecule has 7 nitrogen and oxygen atoms in total. The third-order valence-electron chi connectivity index (χ3n) is 4.58. The first-order valence-electron chi connectivity index (χ1n) is 8.07. The number of fused-ring (bicyclic) bond motifs is 1. The van der Waals surface area contributed by atoms with Gasteiger partial charge in [-0.1, -0.05) is 12.2 Å². The van der Waals surface area contributed by atoms with Crippen LogP contribution in [0.3, 0.4) is 0 Å². The molecule has 1 N–H and O–H groups in total. The Morgan fingerprint density at radius 3 is 2.32 bits per heavy atom. The smallest absolute Gasteiger partial charge is 0.244 e. The SMILES string of the molecule is COc1ccc(OC)c(NC(=O)CN2C(=O)C3CC=CCC3C2=O)c1. The van der Waals surface area contributed by atoms with Gasteiger partial charge in [-0.25, -0.2) is 0 Å². The second-order valence-electron chi connectivity index (χ2n) is 6.03. The van der Waals surface area contributed by atoms with Gasteiger partial charge in [0.05, 0.1) is 31.7 Å². The number of anilines is 1. The minimum Gasteiger partial charge on any atom is -0.497 e. The predicted molar refractivity (Wildman–Crippen MR) is 90.2 cm³/mol. The van der Waals surface area contributed by atoms with Crippen molar-refractivity contribution in [1.29, 1.82) is 0 Å². The molecule has 1 heterocycles. The lowest BCUT2D eigenvalue weighted by Gasteiger charge is -2.16. The van der Waals surface area contributed by atoms with Crippen LogP contribution in [-0.2, 0) is 14.4 Å². The van der Waals surface area contributed by atoms with Gasteiger partial charge in [0.25, 0.3) is 0 Å². The van der Waals surface area contributed by atoms with Crippen molar-refractivity contribution < 1.29 is 23.9 Å². The maximum atomic E-state index is 12.4. The summed E-state index contributed by atoms with van der Waals surface area (Å²) in [6.45, 7) is -0.301. The Kier molecular flexibility index (Phi) is 4.74. The van der Waals surface area contributed by atoms with E-state index in [1.165, 1.54) is 14.2 Å². The van der Waals surface area contributed by atoms with E-state index < -0.39 is 5.91 Å². The number of rotatable bonds is 5. The molecule has 0 aromatic heterocycles. The molecule has 1 aliphatic heterocycles. The fourth-order valence-corrected chi connectivity index (χ4v) is 3.27. The van der Waals surface area contributed by atoms with E-state index in [9.17, 15) is 14.4 Å². The number of carbonyl (C=O) groups is 3. The highest BCUT2D eigenvalue weighted by Gasteiger charge is 2.47. The van der Waals surface area contributed by atoms with Crippen molar-refractivity contribution in [1.82, 2.24) is 4.90 Å². The van der Waals surface area contributed by atoms with Crippen molar-refractivity contribution in [3.05, 3.63) is 30.4 Å². The Hall–Kier alpha value is -2.83. The molecule has 3 rings (SSSR count). The Morgan fingerprint density at radius 2 is 1.76 bits per heavy atom. The summed E-state index contributed by atoms with van der Waals surface area (Å²) < 4.78 is 10.3. The first-order chi connectivity index (χ1) is 12.0. The molecular formula is C18H20N2O5. The zero-order chi connectivity index (χ0) is 18.0. The zero-order valence-corrected chi connectivity index (χ0v) is 14.2. The number of benzene rings is 1. The van der Waals surface area contributed by atoms with Crippen LogP contribution in [-0.4, -0.2) is 43.4 Å². The van der Waals surface area contributed by atoms with Crippen molar-refractivity contribution >= 4 is 23.4 Å². The number of amides is 3. The number of allylic oxidation sites excluding steroid dienone is 2. The average molecular weight is 344 g/mol. The molecule has 0 radical (unpaired) electrons. The summed E-state index contributed by atoms with van der Waals surface area (Å²) >= 11 is 0. The van der Waals surface area contributed by atoms with Crippen LogP contribution in [0.1, 0.15) is 12.8 Å². The Bertz CT molecular complexity index is 717. The lowest BCUT2D eigenvalue weighted by molar-refractivity contribution is -0.142. The number of hydrogen-bond acceptors (Lipinski definition) is 5. The fourth-order valence-electron chi connectivity index (χ4n) is 3.27. The van der Waals surface area contributed by atoms with E-state index in [0.717, 1.165) is 4.90 Å². The van der Waals surface area contributed by atoms with Crippen LogP contribution in [0, 0.1) is 11.8 Å². The molecule has 132 valence electrons. The summed E-state index contributed by atoms with van der Waals surface area (Å²) in [5.74, 6) is -0.653. The fraction of sp³-hybridized carbons (Fsp3) is 0.389. The van der Waals surface area contributed by atoms with Crippen molar-refractivity contribution in [2.75, 3.05) is 26.1 Å². The Morgan fingerprint density at radius 1 is 1.12 bits per heavy atom. The van der Waals surface area contributed by atoms with Gasteiger partial charge in [0.15, 0.2) is 0 Å². The minimum absolute atomic E-state index is 0.271. The molecule has 25 heavy (non-hydrogen) atoms. The number of nitrogens with one attached hydrogen (secondary N) is 1. The molecule has 0 spiro atoms. The van der Waals surface area contributed by atoms with Gasteiger partial charge < -0.3 is 14.8 Å². The average Bonchev–Trinajstić information content (AvgIpc) is 2.87. The molecule has 1 aromatic rings. The molecule has 2 unspecified atom stereocenters. The predicted octanol–water partition coefficient (Wildman–Crippen LogP) is 1.59. The number of likely N-dealkylation sites (tertiary alicyclic amines) is 1. The quantitative estimate of drug-likeness (QED) is 0.648. The molecule has 1 aromatic carbocycles. The normalized spacial score (nSPS) is 21.9. The minimum atomic E-state index is -0.458. The van der Waals surface area contributed by atoms with Crippen molar-refractivity contribution in [3.63, 3.8) is 0 Å². The molecule has 0 bridgehead atoms. The highest BCUT2D eigenvalue weighted by atomic mass is 16.5. The summed E-state index contributed by atoms with van der Waals surface area (Å²) in [6.07, 6.45) is 4.93. The number of hydrogen-bond donors (Lipinski definition) is 1. The molecule has 7 heteroatoms. The van der Waals surface area contributed by atoms with E-state index >= 15 is 0 Å². The second kappa shape index (κ2) is 6.96. The number of imide groups is 1. The summed E-state index contributed by atoms with van der Waals surface area (Å²) in [4.78, 5) is 38.2. The van der Waals surface area contributed by atoms with E-state index in [4.69, 9.17) is 9.47 Å². The highest BCUT2D eigenvalue weighted by molar-refractivity contribution is 6.09. The zero-order valence-electron chi connectivity index (χ0n) is 14.2. The van der Waals surface area contributed by atoms with Gasteiger partial charge in [-0.2, -0.15) is 0 Å². The van der Waals surface area contributed by atoms with Gasteiger partial charge in [0, 0.05) is 6.07 Å². The van der Waals surface area contributed by atoms with E-state index in [-0.39, 0.29) is 30.2 Å². The number of nitrogens with zero attached hydrogens (tertiary/aromatic N) is 1. The van der Waals surface area contributed by atoms with E-state index in [1.54, 1.807) is 18.2 Å². The van der Waals surface area contributed by atoms with E-state index in [0.29, 0.717) is 30.0 Å². The number of methoxy groups -OCH3 is 2. The lowest BCUT2D eigenvalue weighted by Crippen LogP contribution is -2.38. The first kappa shape index (κ1) is 17.0. The van der Waals surface area contributed by atoms with Crippen LogP contribution in [0.5, 0.6) is 11.5 Å². The third-order valence-corrected chi connectivity index (χ3v) is 4.58. The van der Waals surface area contributed by atoms with Crippen LogP contribution >= 0.6 is 0 Å². The van der Waals surface area contributed by atoms with Crippen LogP contribution in [0.4, 0.5) is 5.69 Å². The van der Waals surface area contributed by atoms with Crippen molar-refractivity contribution in [2.45, 2.75) is 12.8 Å². The van der Waals surface area contributed by atoms with Crippen LogP contribution < -0.4 is 14.8 Å². The van der Waals surface area contributed by atoms with E-state index in [1.807, 2.05) is 12.2 Å². The lowest BCUT2D eigenvalue weighted by atomic mass is 9.85. The van der Waals surface area contributed by atoms with Gasteiger partial charge in [-0.05, 0) is 25.0 Å². The molecule has 2 atom stereocenters. The molecule has 3 amide bonds. The highest BCUT2D eigenvalue weighted by Crippen LogP contribution is 2.35. The van der Waals surface area contributed by atoms with Crippen molar-refractivity contribution in [2.24, 2.45) is 11.8 Å². The maximum Gasteiger partial charge on any atom is 0.244 e. The molecular weight excluding hydrogens is 324 g/mol. The van der Waals surface area contributed by atoms with Crippen molar-refractivity contribution in [3.8, 4) is 11.5 Å². The standard InChI is InChI=1S/C18H20N2O5/c1-24-11-7-8-15(25-2)14(9-11)19-16(21)10-20-17(22)12-5-3-4-6-13(12)18(20)23/h3-4,7-9,12-13H,5-6,10H2,1-2H3,(H,19,21). The molecule has 0 saturated carbocycles. The number of carbonyl (C=O) groups excluding carboxylic acids is 3. The summed E-state index contributed by atoms with van der Waals surface area (Å²) in [5.41, 5.74) is 0.421. The third kappa shape index (κ3) is 3.22. The molecule has 2 aliphatic rings. The van der Waals surface area contributed by atoms with Gasteiger partial charge in [-0.15, -0.1) is 0 Å². The largest absolute Gasteiger partial charge is 0.497 e. The molecule has 1 aliphatic carbocycles. The van der Waals surface area contributed by atoms with Gasteiger partial charge in [0.1, 0.15) is 18.0 Å². The van der Waals surface area contributed by atoms with Gasteiger partial charge >= 0.3 is 0 Å². The van der Waals surface area contributed by atoms with Gasteiger partial charge in [0.2, 0.25) is 17.7 Å². The topological polar surface area (TPSA) is 84.9 Å². The maximum absolute atomic E-state index is 12.4. The number of ether oxygens (including phenoxy) is 2.